The standard InChI is InChI=1S/C12H18N2O/c1-4-9(2)14-11-7-5-10(6-8-11)12(15)13-3/h5-9,14H,4H2,1-3H3,(H,13,15). The first-order valence-electron chi connectivity index (χ1n) is 5.26. The van der Waals surface area contributed by atoms with Crippen LogP contribution in [0, 0.1) is 0 Å². The van der Waals surface area contributed by atoms with Crippen LogP contribution < -0.4 is 10.6 Å². The monoisotopic (exact) mass is 206 g/mol. The molecule has 0 aliphatic heterocycles. The van der Waals surface area contributed by atoms with E-state index in [0.29, 0.717) is 11.6 Å². The van der Waals surface area contributed by atoms with Gasteiger partial charge in [-0.3, -0.25) is 4.79 Å². The van der Waals surface area contributed by atoms with Crippen LogP contribution in [0.15, 0.2) is 24.3 Å². The third kappa shape index (κ3) is 3.27. The summed E-state index contributed by atoms with van der Waals surface area (Å²) in [6, 6.07) is 7.96. The summed E-state index contributed by atoms with van der Waals surface area (Å²) in [4.78, 5) is 11.3. The van der Waals surface area contributed by atoms with E-state index in [-0.39, 0.29) is 5.91 Å². The van der Waals surface area contributed by atoms with Crippen molar-refractivity contribution < 1.29 is 4.79 Å². The largest absolute Gasteiger partial charge is 0.383 e. The van der Waals surface area contributed by atoms with E-state index in [4.69, 9.17) is 0 Å². The van der Waals surface area contributed by atoms with Crippen molar-refractivity contribution in [1.82, 2.24) is 5.32 Å². The molecule has 2 N–H and O–H groups in total. The molecule has 0 bridgehead atoms. The van der Waals surface area contributed by atoms with Crippen molar-refractivity contribution in [3.8, 4) is 0 Å². The van der Waals surface area contributed by atoms with Crippen molar-refractivity contribution in [3.05, 3.63) is 29.8 Å². The zero-order valence-corrected chi connectivity index (χ0v) is 9.50. The average Bonchev–Trinajstić information content (AvgIpc) is 2.29. The van der Waals surface area contributed by atoms with Gasteiger partial charge in [-0.15, -0.1) is 0 Å². The fourth-order valence-corrected chi connectivity index (χ4v) is 1.25. The lowest BCUT2D eigenvalue weighted by Crippen LogP contribution is -2.18. The Morgan fingerprint density at radius 3 is 2.40 bits per heavy atom. The van der Waals surface area contributed by atoms with E-state index < -0.39 is 0 Å². The Kier molecular flexibility index (Phi) is 4.16. The van der Waals surface area contributed by atoms with Crippen LogP contribution in [0.25, 0.3) is 0 Å². The number of benzene rings is 1. The van der Waals surface area contributed by atoms with Crippen molar-refractivity contribution in [2.45, 2.75) is 26.3 Å². The molecule has 0 saturated heterocycles. The maximum absolute atomic E-state index is 11.3. The Bertz CT molecular complexity index is 319. The highest BCUT2D eigenvalue weighted by Gasteiger charge is 2.03. The molecular weight excluding hydrogens is 188 g/mol. The topological polar surface area (TPSA) is 41.1 Å². The van der Waals surface area contributed by atoms with Crippen LogP contribution in [0.5, 0.6) is 0 Å². The number of anilines is 1. The third-order valence-electron chi connectivity index (χ3n) is 2.40. The lowest BCUT2D eigenvalue weighted by Gasteiger charge is -2.12. The molecule has 82 valence electrons. The normalized spacial score (nSPS) is 11.9. The van der Waals surface area contributed by atoms with Crippen molar-refractivity contribution >= 4 is 11.6 Å². The maximum atomic E-state index is 11.3. The van der Waals surface area contributed by atoms with Crippen molar-refractivity contribution in [1.29, 1.82) is 0 Å². The lowest BCUT2D eigenvalue weighted by molar-refractivity contribution is 0.0963. The zero-order valence-electron chi connectivity index (χ0n) is 9.50. The number of hydrogen-bond donors (Lipinski definition) is 2. The molecule has 0 aliphatic carbocycles. The van der Waals surface area contributed by atoms with Crippen LogP contribution in [-0.2, 0) is 0 Å². The van der Waals surface area contributed by atoms with Gasteiger partial charge in [-0.25, -0.2) is 0 Å². The van der Waals surface area contributed by atoms with Crippen LogP contribution >= 0.6 is 0 Å². The van der Waals surface area contributed by atoms with E-state index in [1.54, 1.807) is 7.05 Å². The molecule has 1 amide bonds. The molecule has 0 saturated carbocycles. The van der Waals surface area contributed by atoms with Gasteiger partial charge in [0.05, 0.1) is 0 Å². The number of amides is 1. The summed E-state index contributed by atoms with van der Waals surface area (Å²) in [5.41, 5.74) is 1.74. The second-order valence-electron chi connectivity index (χ2n) is 3.61. The molecule has 15 heavy (non-hydrogen) atoms. The summed E-state index contributed by atoms with van der Waals surface area (Å²) in [7, 11) is 1.63. The van der Waals surface area contributed by atoms with Crippen LogP contribution in [0.1, 0.15) is 30.6 Å². The van der Waals surface area contributed by atoms with Gasteiger partial charge in [-0.1, -0.05) is 6.92 Å². The lowest BCUT2D eigenvalue weighted by atomic mass is 10.1. The molecular formula is C12H18N2O. The highest BCUT2D eigenvalue weighted by atomic mass is 16.1. The second-order valence-corrected chi connectivity index (χ2v) is 3.61. The number of hydrogen-bond acceptors (Lipinski definition) is 2. The smallest absolute Gasteiger partial charge is 0.251 e. The third-order valence-corrected chi connectivity index (χ3v) is 2.40. The number of rotatable bonds is 4. The predicted molar refractivity (Wildman–Crippen MR) is 63.2 cm³/mol. The Hall–Kier alpha value is -1.51. The zero-order chi connectivity index (χ0) is 11.3. The van der Waals surface area contributed by atoms with Crippen molar-refractivity contribution in [3.63, 3.8) is 0 Å². The van der Waals surface area contributed by atoms with Gasteiger partial charge in [0, 0.05) is 24.3 Å². The molecule has 0 aliphatic rings. The Morgan fingerprint density at radius 1 is 1.33 bits per heavy atom. The Morgan fingerprint density at radius 2 is 1.93 bits per heavy atom. The van der Waals surface area contributed by atoms with E-state index >= 15 is 0 Å². The van der Waals surface area contributed by atoms with E-state index in [2.05, 4.69) is 24.5 Å². The fourth-order valence-electron chi connectivity index (χ4n) is 1.25. The van der Waals surface area contributed by atoms with Gasteiger partial charge in [0.25, 0.3) is 5.91 Å². The van der Waals surface area contributed by atoms with E-state index in [9.17, 15) is 4.79 Å². The molecule has 0 spiro atoms. The van der Waals surface area contributed by atoms with Crippen LogP contribution in [0.2, 0.25) is 0 Å². The highest BCUT2D eigenvalue weighted by Crippen LogP contribution is 2.11. The van der Waals surface area contributed by atoms with E-state index in [0.717, 1.165) is 12.1 Å². The van der Waals surface area contributed by atoms with E-state index in [1.165, 1.54) is 0 Å². The number of carbonyl (C=O) groups excluding carboxylic acids is 1. The number of carbonyl (C=O) groups is 1. The summed E-state index contributed by atoms with van der Waals surface area (Å²) >= 11 is 0. The first kappa shape index (κ1) is 11.6. The van der Waals surface area contributed by atoms with E-state index in [1.807, 2.05) is 24.3 Å². The van der Waals surface area contributed by atoms with Crippen molar-refractivity contribution in [2.24, 2.45) is 0 Å². The van der Waals surface area contributed by atoms with Gasteiger partial charge in [-0.05, 0) is 37.6 Å². The van der Waals surface area contributed by atoms with Gasteiger partial charge in [-0.2, -0.15) is 0 Å². The van der Waals surface area contributed by atoms with Crippen LogP contribution in [0.3, 0.4) is 0 Å². The molecule has 0 radical (unpaired) electrons. The van der Waals surface area contributed by atoms with Gasteiger partial charge in [0.1, 0.15) is 0 Å². The molecule has 1 unspecified atom stereocenters. The molecule has 0 heterocycles. The molecule has 3 nitrogen and oxygen atoms in total. The number of nitrogens with one attached hydrogen (secondary N) is 2. The van der Waals surface area contributed by atoms with Gasteiger partial charge < -0.3 is 10.6 Å². The molecule has 3 heteroatoms. The maximum Gasteiger partial charge on any atom is 0.251 e. The summed E-state index contributed by atoms with van der Waals surface area (Å²) in [5, 5.41) is 5.94. The molecule has 0 fully saturated rings. The molecule has 1 atom stereocenters. The minimum Gasteiger partial charge on any atom is -0.383 e. The van der Waals surface area contributed by atoms with Gasteiger partial charge in [0.15, 0.2) is 0 Å². The predicted octanol–water partition coefficient (Wildman–Crippen LogP) is 2.26. The summed E-state index contributed by atoms with van der Waals surface area (Å²) in [6.45, 7) is 4.27. The Balaban J connectivity index is 2.68. The second kappa shape index (κ2) is 5.39. The SMILES string of the molecule is CCC(C)Nc1ccc(C(=O)NC)cc1. The average molecular weight is 206 g/mol. The minimum atomic E-state index is -0.0508. The van der Waals surface area contributed by atoms with Gasteiger partial charge in [0.2, 0.25) is 0 Å². The summed E-state index contributed by atoms with van der Waals surface area (Å²) in [5.74, 6) is -0.0508. The molecule has 1 rings (SSSR count). The molecule has 0 aromatic heterocycles. The molecule has 1 aromatic carbocycles. The van der Waals surface area contributed by atoms with Crippen LogP contribution in [0.4, 0.5) is 5.69 Å². The summed E-state index contributed by atoms with van der Waals surface area (Å²) in [6.07, 6.45) is 1.08. The van der Waals surface area contributed by atoms with Crippen LogP contribution in [-0.4, -0.2) is 19.0 Å². The van der Waals surface area contributed by atoms with Crippen molar-refractivity contribution in [2.75, 3.05) is 12.4 Å². The van der Waals surface area contributed by atoms with Gasteiger partial charge >= 0.3 is 0 Å². The summed E-state index contributed by atoms with van der Waals surface area (Å²) < 4.78 is 0. The quantitative estimate of drug-likeness (QED) is 0.793. The first-order valence-corrected chi connectivity index (χ1v) is 5.26. The fraction of sp³-hybridized carbons (Fsp3) is 0.417. The highest BCUT2D eigenvalue weighted by molar-refractivity contribution is 5.94. The Labute approximate surface area is 90.9 Å². The minimum absolute atomic E-state index is 0.0508. The molecule has 1 aromatic rings. The first-order chi connectivity index (χ1) is 7.17.